The molecular formula is C22H23NO4. The van der Waals surface area contributed by atoms with E-state index in [4.69, 9.17) is 9.47 Å². The third-order valence-electron chi connectivity index (χ3n) is 3.64. The molecule has 0 aliphatic carbocycles. The molecule has 0 radical (unpaired) electrons. The second-order valence-electron chi connectivity index (χ2n) is 5.94. The molecule has 2 rings (SSSR count). The summed E-state index contributed by atoms with van der Waals surface area (Å²) >= 11 is 0. The van der Waals surface area contributed by atoms with Crippen molar-refractivity contribution < 1.29 is 19.1 Å². The molecule has 5 nitrogen and oxygen atoms in total. The van der Waals surface area contributed by atoms with Crippen LogP contribution in [-0.4, -0.2) is 24.6 Å². The maximum Gasteiger partial charge on any atom is 0.331 e. The minimum Gasteiger partial charge on any atom is -0.490 e. The fourth-order valence-electron chi connectivity index (χ4n) is 2.14. The fraction of sp³-hybridized carbons (Fsp3) is 0.182. The van der Waals surface area contributed by atoms with Crippen molar-refractivity contribution in [3.63, 3.8) is 0 Å². The van der Waals surface area contributed by atoms with E-state index in [1.807, 2.05) is 31.2 Å². The molecule has 1 amide bonds. The molecule has 0 unspecified atom stereocenters. The van der Waals surface area contributed by atoms with Crippen molar-refractivity contribution in [3.05, 3.63) is 78.4 Å². The maximum atomic E-state index is 12.1. The number of ether oxygens (including phenoxy) is 2. The molecule has 0 aliphatic rings. The Morgan fingerprint density at radius 1 is 1.11 bits per heavy atom. The van der Waals surface area contributed by atoms with E-state index in [1.54, 1.807) is 36.4 Å². The average Bonchev–Trinajstić information content (AvgIpc) is 2.67. The van der Waals surface area contributed by atoms with E-state index < -0.39 is 12.1 Å². The van der Waals surface area contributed by atoms with Crippen LogP contribution < -0.4 is 10.1 Å². The summed E-state index contributed by atoms with van der Waals surface area (Å²) in [6.07, 6.45) is 3.66. The quantitative estimate of drug-likeness (QED) is 0.434. The van der Waals surface area contributed by atoms with Gasteiger partial charge in [0, 0.05) is 11.8 Å². The van der Waals surface area contributed by atoms with Crippen molar-refractivity contribution in [2.24, 2.45) is 0 Å². The Morgan fingerprint density at radius 3 is 2.41 bits per heavy atom. The number of esters is 1. The summed E-state index contributed by atoms with van der Waals surface area (Å²) in [5.41, 5.74) is 2.57. The molecule has 0 fully saturated rings. The topological polar surface area (TPSA) is 64.6 Å². The molecule has 5 heteroatoms. The molecule has 2 aromatic carbocycles. The number of carbonyl (C=O) groups is 2. The predicted octanol–water partition coefficient (Wildman–Crippen LogP) is 4.14. The maximum absolute atomic E-state index is 12.1. The van der Waals surface area contributed by atoms with Gasteiger partial charge < -0.3 is 14.8 Å². The van der Waals surface area contributed by atoms with Crippen LogP contribution in [0, 0.1) is 6.92 Å². The Kier molecular flexibility index (Phi) is 7.37. The largest absolute Gasteiger partial charge is 0.490 e. The van der Waals surface area contributed by atoms with Crippen molar-refractivity contribution in [1.82, 2.24) is 0 Å². The van der Waals surface area contributed by atoms with Crippen LogP contribution in [0.2, 0.25) is 0 Å². The molecule has 0 spiro atoms. The minimum atomic E-state index is -0.905. The Morgan fingerprint density at radius 2 is 1.78 bits per heavy atom. The molecule has 0 bridgehead atoms. The van der Waals surface area contributed by atoms with Gasteiger partial charge in [0.2, 0.25) is 0 Å². The zero-order valence-corrected chi connectivity index (χ0v) is 15.5. The minimum absolute atomic E-state index is 0.385. The summed E-state index contributed by atoms with van der Waals surface area (Å²) in [6, 6.07) is 14.6. The van der Waals surface area contributed by atoms with Crippen molar-refractivity contribution in [1.29, 1.82) is 0 Å². The lowest BCUT2D eigenvalue weighted by Gasteiger charge is -2.12. The number of hydrogen-bond acceptors (Lipinski definition) is 4. The van der Waals surface area contributed by atoms with Crippen LogP contribution in [0.5, 0.6) is 5.75 Å². The predicted molar refractivity (Wildman–Crippen MR) is 107 cm³/mol. The van der Waals surface area contributed by atoms with Crippen molar-refractivity contribution in [2.45, 2.75) is 20.0 Å². The lowest BCUT2D eigenvalue weighted by molar-refractivity contribution is -0.148. The Labute approximate surface area is 159 Å². The molecule has 1 atom stereocenters. The summed E-state index contributed by atoms with van der Waals surface area (Å²) in [4.78, 5) is 24.0. The second kappa shape index (κ2) is 9.97. The Hall–Kier alpha value is -3.34. The van der Waals surface area contributed by atoms with E-state index in [2.05, 4.69) is 11.9 Å². The summed E-state index contributed by atoms with van der Waals surface area (Å²) in [6.45, 7) is 7.51. The number of carbonyl (C=O) groups excluding carboxylic acids is 2. The lowest BCUT2D eigenvalue weighted by atomic mass is 10.2. The molecule has 27 heavy (non-hydrogen) atoms. The van der Waals surface area contributed by atoms with Gasteiger partial charge in [-0.1, -0.05) is 42.5 Å². The fourth-order valence-corrected chi connectivity index (χ4v) is 2.14. The molecule has 1 N–H and O–H groups in total. The van der Waals surface area contributed by atoms with Crippen molar-refractivity contribution >= 4 is 23.6 Å². The highest BCUT2D eigenvalue weighted by molar-refractivity contribution is 5.96. The Bertz CT molecular complexity index is 807. The highest BCUT2D eigenvalue weighted by atomic mass is 16.5. The lowest BCUT2D eigenvalue weighted by Crippen LogP contribution is -2.29. The van der Waals surface area contributed by atoms with E-state index in [0.717, 1.165) is 16.9 Å². The number of aryl methyl sites for hydroxylation is 1. The summed E-state index contributed by atoms with van der Waals surface area (Å²) in [5.74, 6) is -0.256. The Balaban J connectivity index is 1.84. The van der Waals surface area contributed by atoms with Crippen LogP contribution in [0.15, 0.2) is 67.3 Å². The van der Waals surface area contributed by atoms with Gasteiger partial charge in [-0.3, -0.25) is 4.79 Å². The first kappa shape index (κ1) is 20.0. The number of rotatable bonds is 8. The molecule has 0 aliphatic heterocycles. The molecule has 0 saturated carbocycles. The van der Waals surface area contributed by atoms with Crippen LogP contribution in [0.1, 0.15) is 18.1 Å². The van der Waals surface area contributed by atoms with Gasteiger partial charge in [-0.25, -0.2) is 4.79 Å². The van der Waals surface area contributed by atoms with Gasteiger partial charge in [0.05, 0.1) is 0 Å². The number of benzene rings is 2. The van der Waals surface area contributed by atoms with Gasteiger partial charge in [-0.05, 0) is 49.8 Å². The summed E-state index contributed by atoms with van der Waals surface area (Å²) in [7, 11) is 0. The van der Waals surface area contributed by atoms with Gasteiger partial charge in [-0.2, -0.15) is 0 Å². The molecule has 140 valence electrons. The highest BCUT2D eigenvalue weighted by Gasteiger charge is 2.16. The van der Waals surface area contributed by atoms with Crippen molar-refractivity contribution in [3.8, 4) is 5.75 Å². The van der Waals surface area contributed by atoms with Gasteiger partial charge in [0.25, 0.3) is 5.91 Å². The van der Waals surface area contributed by atoms with E-state index in [1.165, 1.54) is 13.0 Å². The molecular weight excluding hydrogens is 342 g/mol. The first-order chi connectivity index (χ1) is 13.0. The first-order valence-corrected chi connectivity index (χ1v) is 8.58. The van der Waals surface area contributed by atoms with Gasteiger partial charge >= 0.3 is 5.97 Å². The van der Waals surface area contributed by atoms with Gasteiger partial charge in [0.1, 0.15) is 12.4 Å². The number of nitrogens with one attached hydrogen (secondary N) is 1. The number of hydrogen-bond donors (Lipinski definition) is 1. The molecule has 2 aromatic rings. The number of anilines is 1. The normalized spacial score (nSPS) is 11.6. The zero-order chi connectivity index (χ0) is 19.6. The SMILES string of the molecule is C=CCOc1ccc(/C=C/C(=O)O[C@H](C)C(=O)Nc2ccc(C)cc2)cc1. The van der Waals surface area contributed by atoms with Crippen LogP contribution in [0.4, 0.5) is 5.69 Å². The standard InChI is InChI=1S/C22H23NO4/c1-4-15-26-20-12-7-18(8-13-20)9-14-21(24)27-17(3)22(25)23-19-10-5-16(2)6-11-19/h4-14,17H,1,15H2,2-3H3,(H,23,25)/b14-9+/t17-/m1/s1. The zero-order valence-electron chi connectivity index (χ0n) is 15.5. The van der Waals surface area contributed by atoms with Crippen LogP contribution in [0.25, 0.3) is 6.08 Å². The first-order valence-electron chi connectivity index (χ1n) is 8.58. The summed E-state index contributed by atoms with van der Waals surface area (Å²) in [5, 5.41) is 2.71. The van der Waals surface area contributed by atoms with E-state index in [0.29, 0.717) is 12.3 Å². The monoisotopic (exact) mass is 365 g/mol. The molecule has 0 saturated heterocycles. The van der Waals surface area contributed by atoms with Gasteiger partial charge in [0.15, 0.2) is 6.10 Å². The van der Waals surface area contributed by atoms with E-state index >= 15 is 0 Å². The van der Waals surface area contributed by atoms with Crippen LogP contribution in [0.3, 0.4) is 0 Å². The smallest absolute Gasteiger partial charge is 0.331 e. The second-order valence-corrected chi connectivity index (χ2v) is 5.94. The van der Waals surface area contributed by atoms with Crippen molar-refractivity contribution in [2.75, 3.05) is 11.9 Å². The molecule has 0 aromatic heterocycles. The van der Waals surface area contributed by atoms with E-state index in [9.17, 15) is 9.59 Å². The third kappa shape index (κ3) is 6.82. The molecule has 0 heterocycles. The third-order valence-corrected chi connectivity index (χ3v) is 3.64. The van der Waals surface area contributed by atoms with Gasteiger partial charge in [-0.15, -0.1) is 0 Å². The summed E-state index contributed by atoms with van der Waals surface area (Å²) < 4.78 is 10.5. The highest BCUT2D eigenvalue weighted by Crippen LogP contribution is 2.13. The van der Waals surface area contributed by atoms with Crippen LogP contribution in [-0.2, 0) is 14.3 Å². The number of amides is 1. The van der Waals surface area contributed by atoms with E-state index in [-0.39, 0.29) is 5.91 Å². The van der Waals surface area contributed by atoms with Crippen LogP contribution >= 0.6 is 0 Å². The average molecular weight is 365 g/mol.